The second-order valence-corrected chi connectivity index (χ2v) is 6.15. The quantitative estimate of drug-likeness (QED) is 0.637. The highest BCUT2D eigenvalue weighted by Crippen LogP contribution is 2.40. The average molecular weight is 302 g/mol. The van der Waals surface area contributed by atoms with Crippen molar-refractivity contribution >= 4 is 0 Å². The van der Waals surface area contributed by atoms with E-state index in [9.17, 15) is 8.78 Å². The van der Waals surface area contributed by atoms with Crippen LogP contribution in [-0.4, -0.2) is 5.92 Å². The molecule has 1 aromatic carbocycles. The van der Waals surface area contributed by atoms with Gasteiger partial charge in [0, 0.05) is 12.3 Å². The monoisotopic (exact) mass is 302 g/mol. The molecule has 0 radical (unpaired) electrons. The van der Waals surface area contributed by atoms with Crippen LogP contribution >= 0.6 is 0 Å². The van der Waals surface area contributed by atoms with Gasteiger partial charge in [-0.25, -0.2) is 8.78 Å². The summed E-state index contributed by atoms with van der Waals surface area (Å²) in [5.41, 5.74) is 4.13. The van der Waals surface area contributed by atoms with Crippen LogP contribution in [0.1, 0.15) is 36.8 Å². The maximum absolute atomic E-state index is 14.5. The summed E-state index contributed by atoms with van der Waals surface area (Å²) in [6.07, 6.45) is 5.33. The van der Waals surface area contributed by atoms with Crippen LogP contribution in [0.4, 0.5) is 8.78 Å². The van der Waals surface area contributed by atoms with E-state index in [0.717, 1.165) is 22.3 Å². The summed E-state index contributed by atoms with van der Waals surface area (Å²) in [7, 11) is 0. The third kappa shape index (κ3) is 3.94. The van der Waals surface area contributed by atoms with Gasteiger partial charge in [0.05, 0.1) is 0 Å². The minimum Gasteiger partial charge on any atom is -0.207 e. The first-order valence-corrected chi connectivity index (χ1v) is 7.86. The Hall–Kier alpha value is -1.70. The molecule has 0 aromatic heterocycles. The zero-order valence-electron chi connectivity index (χ0n) is 13.2. The fraction of sp³-hybridized carbons (Fsp3) is 0.400. The van der Waals surface area contributed by atoms with E-state index in [-0.39, 0.29) is 6.42 Å². The highest BCUT2D eigenvalue weighted by Gasteiger charge is 2.39. The van der Waals surface area contributed by atoms with Gasteiger partial charge in [-0.2, -0.15) is 0 Å². The van der Waals surface area contributed by atoms with Crippen molar-refractivity contribution in [1.82, 2.24) is 0 Å². The molecule has 0 saturated heterocycles. The predicted molar refractivity (Wildman–Crippen MR) is 89.2 cm³/mol. The van der Waals surface area contributed by atoms with Gasteiger partial charge in [0.2, 0.25) is 0 Å². The van der Waals surface area contributed by atoms with E-state index in [1.165, 1.54) is 0 Å². The molecule has 0 N–H and O–H groups in total. The highest BCUT2D eigenvalue weighted by molar-refractivity contribution is 5.32. The Morgan fingerprint density at radius 2 is 1.68 bits per heavy atom. The molecule has 1 aromatic rings. The summed E-state index contributed by atoms with van der Waals surface area (Å²) in [4.78, 5) is 0. The summed E-state index contributed by atoms with van der Waals surface area (Å²) < 4.78 is 29.1. The van der Waals surface area contributed by atoms with Gasteiger partial charge in [-0.1, -0.05) is 55.1 Å². The van der Waals surface area contributed by atoms with Gasteiger partial charge in [0.15, 0.2) is 0 Å². The zero-order chi connectivity index (χ0) is 16.2. The molecule has 0 bridgehead atoms. The van der Waals surface area contributed by atoms with E-state index < -0.39 is 11.8 Å². The Kier molecular flexibility index (Phi) is 5.33. The van der Waals surface area contributed by atoms with Crippen LogP contribution in [0, 0.1) is 12.8 Å². The second kappa shape index (κ2) is 7.04. The third-order valence-corrected chi connectivity index (χ3v) is 4.60. The molecule has 0 saturated carbocycles. The molecule has 0 amide bonds. The van der Waals surface area contributed by atoms with E-state index in [1.54, 1.807) is 12.2 Å². The molecule has 0 heterocycles. The maximum Gasteiger partial charge on any atom is 0.251 e. The molecule has 0 spiro atoms. The van der Waals surface area contributed by atoms with E-state index in [0.29, 0.717) is 25.7 Å². The van der Waals surface area contributed by atoms with Gasteiger partial charge in [0.1, 0.15) is 0 Å². The molecule has 1 unspecified atom stereocenters. The van der Waals surface area contributed by atoms with Gasteiger partial charge in [0.25, 0.3) is 5.92 Å². The Morgan fingerprint density at radius 3 is 2.27 bits per heavy atom. The van der Waals surface area contributed by atoms with Crippen molar-refractivity contribution < 1.29 is 8.78 Å². The molecule has 2 rings (SSSR count). The van der Waals surface area contributed by atoms with E-state index >= 15 is 0 Å². The molecule has 0 aliphatic heterocycles. The largest absolute Gasteiger partial charge is 0.251 e. The average Bonchev–Trinajstić information content (AvgIpc) is 2.49. The number of alkyl halides is 2. The Balaban J connectivity index is 2.20. The van der Waals surface area contributed by atoms with Crippen molar-refractivity contribution in [2.24, 2.45) is 5.92 Å². The smallest absolute Gasteiger partial charge is 0.207 e. The van der Waals surface area contributed by atoms with Crippen LogP contribution in [0.3, 0.4) is 0 Å². The molecule has 1 atom stereocenters. The van der Waals surface area contributed by atoms with Gasteiger partial charge < -0.3 is 0 Å². The van der Waals surface area contributed by atoms with Crippen molar-refractivity contribution in [2.75, 3.05) is 0 Å². The lowest BCUT2D eigenvalue weighted by atomic mass is 9.81. The van der Waals surface area contributed by atoms with E-state index in [1.807, 2.05) is 31.2 Å². The molecular weight excluding hydrogens is 278 g/mol. The first-order valence-electron chi connectivity index (χ1n) is 7.86. The topological polar surface area (TPSA) is 0 Å². The summed E-state index contributed by atoms with van der Waals surface area (Å²) in [5, 5.41) is 0. The van der Waals surface area contributed by atoms with Crippen LogP contribution in [0.25, 0.3) is 0 Å². The van der Waals surface area contributed by atoms with Gasteiger partial charge in [-0.15, -0.1) is 0 Å². The second-order valence-electron chi connectivity index (χ2n) is 6.15. The number of halogens is 2. The van der Waals surface area contributed by atoms with Crippen LogP contribution in [0.5, 0.6) is 0 Å². The first kappa shape index (κ1) is 16.7. The van der Waals surface area contributed by atoms with Crippen LogP contribution in [0.15, 0.2) is 60.7 Å². The summed E-state index contributed by atoms with van der Waals surface area (Å²) >= 11 is 0. The van der Waals surface area contributed by atoms with Crippen molar-refractivity contribution in [3.63, 3.8) is 0 Å². The first-order chi connectivity index (χ1) is 10.5. The van der Waals surface area contributed by atoms with Gasteiger partial charge >= 0.3 is 0 Å². The van der Waals surface area contributed by atoms with Crippen molar-refractivity contribution in [2.45, 2.75) is 45.0 Å². The molecule has 2 heteroatoms. The minimum absolute atomic E-state index is 0.109. The Labute approximate surface area is 132 Å². The molecule has 0 fully saturated rings. The molecule has 1 aliphatic carbocycles. The van der Waals surface area contributed by atoms with Crippen LogP contribution < -0.4 is 0 Å². The number of hydrogen-bond acceptors (Lipinski definition) is 0. The normalized spacial score (nSPS) is 25.1. The van der Waals surface area contributed by atoms with E-state index in [4.69, 9.17) is 0 Å². The van der Waals surface area contributed by atoms with E-state index in [2.05, 4.69) is 13.2 Å². The summed E-state index contributed by atoms with van der Waals surface area (Å²) in [6, 6.07) is 7.90. The van der Waals surface area contributed by atoms with Crippen molar-refractivity contribution in [3.8, 4) is 0 Å². The van der Waals surface area contributed by atoms with Crippen molar-refractivity contribution in [3.05, 3.63) is 71.8 Å². The van der Waals surface area contributed by atoms with Crippen LogP contribution in [0.2, 0.25) is 0 Å². The number of benzene rings is 1. The number of rotatable bonds is 4. The third-order valence-electron chi connectivity index (χ3n) is 4.60. The highest BCUT2D eigenvalue weighted by atomic mass is 19.3. The Morgan fingerprint density at radius 1 is 1.09 bits per heavy atom. The minimum atomic E-state index is -2.63. The molecule has 118 valence electrons. The number of allylic oxidation sites excluding steroid dienone is 4. The zero-order valence-corrected chi connectivity index (χ0v) is 13.2. The molecule has 1 aliphatic rings. The SMILES string of the molecule is C=C/C1=C(\C=C)CCC(F)(F)C(Cc2ccc(C)cc2)CC1. The standard InChI is InChI=1S/C20H24F2/c1-4-17-10-11-19(14-16-8-6-15(3)7-9-16)20(21,22)13-12-18(17)5-2/h4-9,19H,1-2,10-14H2,3H3/b18-17-. The van der Waals surface area contributed by atoms with Crippen molar-refractivity contribution in [1.29, 1.82) is 0 Å². The molecule has 0 nitrogen and oxygen atoms in total. The van der Waals surface area contributed by atoms with Gasteiger partial charge in [-0.3, -0.25) is 0 Å². The lowest BCUT2D eigenvalue weighted by Gasteiger charge is -2.30. The fourth-order valence-electron chi connectivity index (χ4n) is 3.09. The van der Waals surface area contributed by atoms with Crippen LogP contribution in [-0.2, 0) is 6.42 Å². The number of aryl methyl sites for hydroxylation is 1. The van der Waals surface area contributed by atoms with Gasteiger partial charge in [-0.05, 0) is 49.3 Å². The summed E-state index contributed by atoms with van der Waals surface area (Å²) in [5.74, 6) is -3.25. The lowest BCUT2D eigenvalue weighted by molar-refractivity contribution is -0.0686. The number of hydrogen-bond donors (Lipinski definition) is 0. The molecular formula is C20H24F2. The maximum atomic E-state index is 14.5. The molecule has 22 heavy (non-hydrogen) atoms. The Bertz CT molecular complexity index is 564. The fourth-order valence-corrected chi connectivity index (χ4v) is 3.09. The lowest BCUT2D eigenvalue weighted by Crippen LogP contribution is -2.31. The predicted octanol–water partition coefficient (Wildman–Crippen LogP) is 6.03. The summed E-state index contributed by atoms with van der Waals surface area (Å²) in [6.45, 7) is 9.57.